The number of hydrogen-bond donors (Lipinski definition) is 1. The van der Waals surface area contributed by atoms with Crippen LogP contribution in [0.2, 0.25) is 5.02 Å². The summed E-state index contributed by atoms with van der Waals surface area (Å²) in [7, 11) is 1.66. The molecular formula is C21H17ClN6OS. The van der Waals surface area contributed by atoms with Gasteiger partial charge in [0.05, 0.1) is 23.8 Å². The molecule has 1 aliphatic heterocycles. The van der Waals surface area contributed by atoms with Crippen molar-refractivity contribution in [3.63, 3.8) is 0 Å². The monoisotopic (exact) mass is 436 g/mol. The average Bonchev–Trinajstić information content (AvgIpc) is 3.40. The van der Waals surface area contributed by atoms with Crippen LogP contribution in [-0.2, 0) is 0 Å². The molecule has 7 nitrogen and oxygen atoms in total. The summed E-state index contributed by atoms with van der Waals surface area (Å²) in [5.74, 6) is 1.43. The van der Waals surface area contributed by atoms with Crippen molar-refractivity contribution in [2.75, 3.05) is 7.11 Å². The number of thioether (sulfide) groups is 1. The van der Waals surface area contributed by atoms with Crippen molar-refractivity contribution in [1.29, 1.82) is 0 Å². The minimum Gasteiger partial charge on any atom is -0.497 e. The number of H-pyrrole nitrogens is 1. The van der Waals surface area contributed by atoms with Crippen LogP contribution in [0.25, 0.3) is 22.8 Å². The largest absolute Gasteiger partial charge is 0.497 e. The van der Waals surface area contributed by atoms with Gasteiger partial charge in [-0.15, -0.1) is 10.2 Å². The summed E-state index contributed by atoms with van der Waals surface area (Å²) in [5, 5.41) is 22.6. The number of nitrogens with zero attached hydrogens (tertiary/aromatic N) is 5. The van der Waals surface area contributed by atoms with Gasteiger partial charge in [-0.3, -0.25) is 5.10 Å². The van der Waals surface area contributed by atoms with E-state index in [0.29, 0.717) is 10.8 Å². The zero-order chi connectivity index (χ0) is 20.7. The predicted octanol–water partition coefficient (Wildman–Crippen LogP) is 4.74. The smallest absolute Gasteiger partial charge is 0.213 e. The molecule has 0 saturated heterocycles. The number of ether oxygens (including phenoxy) is 1. The van der Waals surface area contributed by atoms with Gasteiger partial charge >= 0.3 is 0 Å². The van der Waals surface area contributed by atoms with E-state index in [0.717, 1.165) is 39.1 Å². The second-order valence-corrected chi connectivity index (χ2v) is 8.51. The Bertz CT molecular complexity index is 1230. The van der Waals surface area contributed by atoms with E-state index in [9.17, 15) is 0 Å². The van der Waals surface area contributed by atoms with Gasteiger partial charge in [-0.25, -0.2) is 0 Å². The van der Waals surface area contributed by atoms with E-state index < -0.39 is 0 Å². The third kappa shape index (κ3) is 3.38. The van der Waals surface area contributed by atoms with Gasteiger partial charge in [-0.05, 0) is 55.0 Å². The van der Waals surface area contributed by atoms with Crippen LogP contribution in [0, 0.1) is 0 Å². The van der Waals surface area contributed by atoms with Crippen LogP contribution >= 0.6 is 23.4 Å². The standard InChI is InChI=1S/C21H17ClN6OS/c1-12-19(14-5-9-16(29-2)10-6-14)27-28-20(25-26-21(28)30-12)18-11-17(23-24-18)13-3-7-15(22)8-4-13/h3-12H,1-2H3,(H,23,24)/t12-/m0/s1. The zero-order valence-electron chi connectivity index (χ0n) is 16.2. The van der Waals surface area contributed by atoms with Crippen LogP contribution in [0.5, 0.6) is 5.75 Å². The molecule has 2 aromatic carbocycles. The number of fused-ring (bicyclic) bond motifs is 1. The molecule has 5 rings (SSSR count). The van der Waals surface area contributed by atoms with Crippen LogP contribution in [0.4, 0.5) is 0 Å². The topological polar surface area (TPSA) is 81.0 Å². The fourth-order valence-electron chi connectivity index (χ4n) is 3.26. The van der Waals surface area contributed by atoms with Crippen LogP contribution in [-0.4, -0.2) is 43.1 Å². The molecule has 0 fully saturated rings. The SMILES string of the molecule is COc1ccc(C2=Nn3c(nnc3-c3cc(-c4ccc(Cl)cc4)n[nH]3)S[C@H]2C)cc1. The first-order valence-electron chi connectivity index (χ1n) is 9.29. The van der Waals surface area contributed by atoms with Crippen molar-refractivity contribution in [2.24, 2.45) is 5.10 Å². The Morgan fingerprint density at radius 2 is 1.77 bits per heavy atom. The number of nitrogens with one attached hydrogen (secondary N) is 1. The van der Waals surface area contributed by atoms with Gasteiger partial charge in [0.25, 0.3) is 0 Å². The Morgan fingerprint density at radius 3 is 2.50 bits per heavy atom. The third-order valence-electron chi connectivity index (χ3n) is 4.83. The van der Waals surface area contributed by atoms with E-state index in [1.54, 1.807) is 23.5 Å². The summed E-state index contributed by atoms with van der Waals surface area (Å²) in [6.45, 7) is 2.11. The van der Waals surface area contributed by atoms with E-state index in [-0.39, 0.29) is 5.25 Å². The summed E-state index contributed by atoms with van der Waals surface area (Å²) in [5.41, 5.74) is 4.49. The third-order valence-corrected chi connectivity index (χ3v) is 6.13. The maximum atomic E-state index is 5.98. The summed E-state index contributed by atoms with van der Waals surface area (Å²) >= 11 is 7.61. The highest BCUT2D eigenvalue weighted by Gasteiger charge is 2.27. The molecule has 0 spiro atoms. The lowest BCUT2D eigenvalue weighted by Crippen LogP contribution is -2.21. The van der Waals surface area contributed by atoms with Gasteiger partial charge < -0.3 is 4.74 Å². The fraction of sp³-hybridized carbons (Fsp3) is 0.143. The summed E-state index contributed by atoms with van der Waals surface area (Å²) in [6, 6.07) is 17.4. The molecule has 9 heteroatoms. The number of methoxy groups -OCH3 is 1. The number of rotatable bonds is 4. The zero-order valence-corrected chi connectivity index (χ0v) is 17.8. The summed E-state index contributed by atoms with van der Waals surface area (Å²) in [4.78, 5) is 0. The second kappa shape index (κ2) is 7.62. The van der Waals surface area contributed by atoms with Gasteiger partial charge in [0, 0.05) is 10.6 Å². The molecule has 0 radical (unpaired) electrons. The minimum absolute atomic E-state index is 0.148. The van der Waals surface area contributed by atoms with Gasteiger partial charge in [-0.1, -0.05) is 35.5 Å². The van der Waals surface area contributed by atoms with Crippen molar-refractivity contribution < 1.29 is 4.74 Å². The summed E-state index contributed by atoms with van der Waals surface area (Å²) < 4.78 is 7.03. The van der Waals surface area contributed by atoms with Gasteiger partial charge in [0.1, 0.15) is 11.4 Å². The molecule has 2 aromatic heterocycles. The highest BCUT2D eigenvalue weighted by molar-refractivity contribution is 8.00. The molecule has 0 aliphatic carbocycles. The Balaban J connectivity index is 1.52. The molecule has 0 saturated carbocycles. The molecule has 4 aromatic rings. The van der Waals surface area contributed by atoms with Crippen LogP contribution in [0.3, 0.4) is 0 Å². The molecule has 0 unspecified atom stereocenters. The van der Waals surface area contributed by atoms with Crippen LogP contribution in [0.1, 0.15) is 12.5 Å². The van der Waals surface area contributed by atoms with E-state index in [2.05, 4.69) is 27.3 Å². The highest BCUT2D eigenvalue weighted by Crippen LogP contribution is 2.33. The van der Waals surface area contributed by atoms with Crippen molar-refractivity contribution in [2.45, 2.75) is 17.3 Å². The minimum atomic E-state index is 0.148. The molecule has 0 bridgehead atoms. The second-order valence-electron chi connectivity index (χ2n) is 6.77. The number of aromatic nitrogens is 5. The van der Waals surface area contributed by atoms with Crippen LogP contribution < -0.4 is 4.74 Å². The molecule has 3 heterocycles. The molecular weight excluding hydrogens is 420 g/mol. The maximum Gasteiger partial charge on any atom is 0.213 e. The van der Waals surface area contributed by atoms with E-state index >= 15 is 0 Å². The van der Waals surface area contributed by atoms with Gasteiger partial charge in [-0.2, -0.15) is 14.9 Å². The quantitative estimate of drug-likeness (QED) is 0.499. The summed E-state index contributed by atoms with van der Waals surface area (Å²) in [6.07, 6.45) is 0. The number of hydrogen-bond acceptors (Lipinski definition) is 6. The van der Waals surface area contributed by atoms with E-state index in [1.165, 1.54) is 0 Å². The number of benzene rings is 2. The van der Waals surface area contributed by atoms with Crippen molar-refractivity contribution in [3.8, 4) is 28.5 Å². The van der Waals surface area contributed by atoms with E-state index in [4.69, 9.17) is 21.4 Å². The molecule has 0 amide bonds. The Kier molecular flexibility index (Phi) is 4.80. The first-order valence-corrected chi connectivity index (χ1v) is 10.6. The highest BCUT2D eigenvalue weighted by atomic mass is 35.5. The Labute approximate surface area is 182 Å². The maximum absolute atomic E-state index is 5.98. The first-order chi connectivity index (χ1) is 14.6. The number of halogens is 1. The Hall–Kier alpha value is -3.10. The lowest BCUT2D eigenvalue weighted by Gasteiger charge is -2.19. The van der Waals surface area contributed by atoms with Crippen molar-refractivity contribution >= 4 is 29.1 Å². The lowest BCUT2D eigenvalue weighted by molar-refractivity contribution is 0.415. The molecule has 1 atom stereocenters. The fourth-order valence-corrected chi connectivity index (χ4v) is 4.31. The average molecular weight is 437 g/mol. The molecule has 1 N–H and O–H groups in total. The van der Waals surface area contributed by atoms with Crippen molar-refractivity contribution in [3.05, 3.63) is 65.2 Å². The van der Waals surface area contributed by atoms with E-state index in [1.807, 2.05) is 54.6 Å². The molecule has 30 heavy (non-hydrogen) atoms. The van der Waals surface area contributed by atoms with Gasteiger partial charge in [0.15, 0.2) is 0 Å². The normalized spacial score (nSPS) is 15.6. The predicted molar refractivity (Wildman–Crippen MR) is 118 cm³/mol. The lowest BCUT2D eigenvalue weighted by atomic mass is 10.1. The number of aromatic amines is 1. The van der Waals surface area contributed by atoms with Gasteiger partial charge in [0.2, 0.25) is 11.0 Å². The van der Waals surface area contributed by atoms with Crippen molar-refractivity contribution in [1.82, 2.24) is 25.1 Å². The molecule has 150 valence electrons. The molecule has 1 aliphatic rings. The Morgan fingerprint density at radius 1 is 1.03 bits per heavy atom. The van der Waals surface area contributed by atoms with Crippen LogP contribution in [0.15, 0.2) is 64.9 Å². The first kappa shape index (κ1) is 18.9.